The van der Waals surface area contributed by atoms with Crippen LogP contribution in [-0.4, -0.2) is 24.9 Å². The van der Waals surface area contributed by atoms with Crippen LogP contribution >= 0.6 is 0 Å². The third kappa shape index (κ3) is 4.95. The summed E-state index contributed by atoms with van der Waals surface area (Å²) in [5, 5.41) is 4.38. The van der Waals surface area contributed by atoms with E-state index in [-0.39, 0.29) is 0 Å². The summed E-state index contributed by atoms with van der Waals surface area (Å²) in [4.78, 5) is 24.6. The Morgan fingerprint density at radius 2 is 1.00 bits per heavy atom. The Balaban J connectivity index is 1.22. The first kappa shape index (κ1) is 27.7. The fraction of sp³-hybridized carbons (Fsp3) is 0. The van der Waals surface area contributed by atoms with Gasteiger partial charge in [0.15, 0.2) is 0 Å². The summed E-state index contributed by atoms with van der Waals surface area (Å²) in [6.07, 6.45) is 3.59. The Labute approximate surface area is 277 Å². The summed E-state index contributed by atoms with van der Waals surface area (Å²) in [7, 11) is 0. The van der Waals surface area contributed by atoms with E-state index in [1.54, 1.807) is 12.4 Å². The van der Waals surface area contributed by atoms with Crippen molar-refractivity contribution in [2.45, 2.75) is 0 Å². The lowest BCUT2D eigenvalue weighted by Crippen LogP contribution is -1.95. The minimum atomic E-state index is 0.798. The number of rotatable bonds is 5. The number of fused-ring (bicyclic) bond motifs is 5. The summed E-state index contributed by atoms with van der Waals surface area (Å²) in [5.74, 6) is 0. The van der Waals surface area contributed by atoms with Crippen LogP contribution in [0.3, 0.4) is 0 Å². The second-order valence-electron chi connectivity index (χ2n) is 11.7. The van der Waals surface area contributed by atoms with Gasteiger partial charge in [0.2, 0.25) is 0 Å². The van der Waals surface area contributed by atoms with Crippen LogP contribution in [0.25, 0.3) is 89.0 Å². The number of benzene rings is 4. The third-order valence-electron chi connectivity index (χ3n) is 8.77. The molecule has 0 bridgehead atoms. The highest BCUT2D eigenvalue weighted by molar-refractivity contribution is 6.20. The molecule has 5 nitrogen and oxygen atoms in total. The number of pyridine rings is 5. The minimum absolute atomic E-state index is 0.798. The van der Waals surface area contributed by atoms with Crippen molar-refractivity contribution >= 4 is 32.6 Å². The SMILES string of the molecule is c1ccc(-c2ccc3ccc4c5ccccc5nc(-c5ccc(-c6cc(-c7ccccn7)nc(-c7ccccn7)c6)cc5)c4c3n2)cc1. The maximum Gasteiger partial charge on any atom is 0.0900 e. The summed E-state index contributed by atoms with van der Waals surface area (Å²) in [6.45, 7) is 0. The molecule has 5 heterocycles. The van der Waals surface area contributed by atoms with E-state index in [2.05, 4.69) is 101 Å². The predicted molar refractivity (Wildman–Crippen MR) is 195 cm³/mol. The van der Waals surface area contributed by atoms with Crippen LogP contribution in [0.2, 0.25) is 0 Å². The Kier molecular flexibility index (Phi) is 6.72. The Hall–Kier alpha value is -6.59. The molecule has 0 fully saturated rings. The molecule has 48 heavy (non-hydrogen) atoms. The number of aromatic nitrogens is 5. The molecular formula is C43H27N5. The van der Waals surface area contributed by atoms with Crippen LogP contribution < -0.4 is 0 Å². The van der Waals surface area contributed by atoms with Gasteiger partial charge in [-0.2, -0.15) is 0 Å². The third-order valence-corrected chi connectivity index (χ3v) is 8.77. The van der Waals surface area contributed by atoms with Gasteiger partial charge in [0.05, 0.1) is 45.2 Å². The fourth-order valence-corrected chi connectivity index (χ4v) is 6.42. The molecule has 4 aromatic carbocycles. The first-order chi connectivity index (χ1) is 23.8. The van der Waals surface area contributed by atoms with Gasteiger partial charge in [0.25, 0.3) is 0 Å². The van der Waals surface area contributed by atoms with Gasteiger partial charge in [-0.05, 0) is 65.0 Å². The smallest absolute Gasteiger partial charge is 0.0900 e. The zero-order chi connectivity index (χ0) is 31.9. The van der Waals surface area contributed by atoms with E-state index in [0.29, 0.717) is 0 Å². The normalized spacial score (nSPS) is 11.3. The monoisotopic (exact) mass is 613 g/mol. The van der Waals surface area contributed by atoms with Gasteiger partial charge < -0.3 is 0 Å². The van der Waals surface area contributed by atoms with Crippen molar-refractivity contribution in [3.05, 3.63) is 164 Å². The highest BCUT2D eigenvalue weighted by atomic mass is 14.8. The molecule has 224 valence electrons. The van der Waals surface area contributed by atoms with Crippen LogP contribution in [0.1, 0.15) is 0 Å². The van der Waals surface area contributed by atoms with Crippen molar-refractivity contribution < 1.29 is 0 Å². The van der Waals surface area contributed by atoms with Crippen molar-refractivity contribution in [3.8, 4) is 56.4 Å². The molecule has 5 aromatic heterocycles. The summed E-state index contributed by atoms with van der Waals surface area (Å²) in [6, 6.07) is 51.9. The maximum absolute atomic E-state index is 5.27. The average Bonchev–Trinajstić information content (AvgIpc) is 3.18. The van der Waals surface area contributed by atoms with Crippen LogP contribution in [0.5, 0.6) is 0 Å². The molecule has 0 N–H and O–H groups in total. The topological polar surface area (TPSA) is 64.5 Å². The second-order valence-corrected chi connectivity index (χ2v) is 11.7. The van der Waals surface area contributed by atoms with E-state index < -0.39 is 0 Å². The van der Waals surface area contributed by atoms with Gasteiger partial charge in [-0.15, -0.1) is 0 Å². The van der Waals surface area contributed by atoms with Crippen LogP contribution in [0.4, 0.5) is 0 Å². The van der Waals surface area contributed by atoms with Crippen molar-refractivity contribution in [1.82, 2.24) is 24.9 Å². The zero-order valence-corrected chi connectivity index (χ0v) is 25.8. The standard InChI is InChI=1S/C43H27N5/c1-2-10-29(11-3-1)35-23-21-31-20-22-34-33-12-4-5-13-36(33)48-43(41(34)42(31)47-35)30-18-16-28(17-19-30)32-26-39(37-14-6-8-24-44-37)46-40(27-32)38-15-7-9-25-45-38/h1-27H. The Morgan fingerprint density at radius 3 is 1.71 bits per heavy atom. The summed E-state index contributed by atoms with van der Waals surface area (Å²) < 4.78 is 0. The quantitative estimate of drug-likeness (QED) is 0.181. The van der Waals surface area contributed by atoms with Gasteiger partial charge in [-0.3, -0.25) is 9.97 Å². The molecule has 0 saturated carbocycles. The Bertz CT molecular complexity index is 2530. The van der Waals surface area contributed by atoms with Gasteiger partial charge in [-0.25, -0.2) is 15.0 Å². The molecule has 0 unspecified atom stereocenters. The molecule has 0 aliphatic rings. The van der Waals surface area contributed by atoms with Crippen molar-refractivity contribution in [2.24, 2.45) is 0 Å². The first-order valence-corrected chi connectivity index (χ1v) is 15.9. The fourth-order valence-electron chi connectivity index (χ4n) is 6.42. The van der Waals surface area contributed by atoms with Crippen molar-refractivity contribution in [2.75, 3.05) is 0 Å². The van der Waals surface area contributed by atoms with Crippen molar-refractivity contribution in [3.63, 3.8) is 0 Å². The molecule has 0 saturated heterocycles. The lowest BCUT2D eigenvalue weighted by atomic mass is 9.95. The average molecular weight is 614 g/mol. The highest BCUT2D eigenvalue weighted by Gasteiger charge is 2.16. The van der Waals surface area contributed by atoms with Crippen LogP contribution in [0.15, 0.2) is 164 Å². The molecule has 0 radical (unpaired) electrons. The molecule has 0 aliphatic carbocycles. The van der Waals surface area contributed by atoms with Gasteiger partial charge in [0.1, 0.15) is 0 Å². The number of para-hydroxylation sites is 1. The first-order valence-electron chi connectivity index (χ1n) is 15.9. The van der Waals surface area contributed by atoms with E-state index >= 15 is 0 Å². The van der Waals surface area contributed by atoms with Crippen LogP contribution in [-0.2, 0) is 0 Å². The molecule has 5 heteroatoms. The van der Waals surface area contributed by atoms with E-state index in [9.17, 15) is 0 Å². The molecule has 0 aliphatic heterocycles. The summed E-state index contributed by atoms with van der Waals surface area (Å²) in [5.41, 5.74) is 11.2. The lowest BCUT2D eigenvalue weighted by Gasteiger charge is -2.14. The zero-order valence-electron chi connectivity index (χ0n) is 25.8. The van der Waals surface area contributed by atoms with E-state index in [1.165, 1.54) is 0 Å². The maximum atomic E-state index is 5.27. The lowest BCUT2D eigenvalue weighted by molar-refractivity contribution is 1.22. The molecule has 0 atom stereocenters. The summed E-state index contributed by atoms with van der Waals surface area (Å²) >= 11 is 0. The minimum Gasteiger partial charge on any atom is -0.255 e. The Morgan fingerprint density at radius 1 is 0.354 bits per heavy atom. The highest BCUT2D eigenvalue weighted by Crippen LogP contribution is 2.38. The van der Waals surface area contributed by atoms with Crippen LogP contribution in [0, 0.1) is 0 Å². The van der Waals surface area contributed by atoms with E-state index in [4.69, 9.17) is 15.0 Å². The van der Waals surface area contributed by atoms with Gasteiger partial charge >= 0.3 is 0 Å². The van der Waals surface area contributed by atoms with Gasteiger partial charge in [-0.1, -0.05) is 103 Å². The second kappa shape index (κ2) is 11.6. The predicted octanol–water partition coefficient (Wildman–Crippen LogP) is 10.5. The van der Waals surface area contributed by atoms with E-state index in [1.807, 2.05) is 60.7 Å². The number of hydrogen-bond acceptors (Lipinski definition) is 5. The van der Waals surface area contributed by atoms with Crippen molar-refractivity contribution in [1.29, 1.82) is 0 Å². The molecule has 9 rings (SSSR count). The molecule has 0 amide bonds. The largest absolute Gasteiger partial charge is 0.255 e. The number of nitrogens with zero attached hydrogens (tertiary/aromatic N) is 5. The number of hydrogen-bond donors (Lipinski definition) is 0. The molecule has 9 aromatic rings. The molecule has 0 spiro atoms. The van der Waals surface area contributed by atoms with Gasteiger partial charge in [0, 0.05) is 39.7 Å². The molecular weight excluding hydrogens is 587 g/mol. The van der Waals surface area contributed by atoms with E-state index in [0.717, 1.165) is 89.0 Å².